The molecule has 6 nitrogen and oxygen atoms in total. The van der Waals surface area contributed by atoms with Gasteiger partial charge in [-0.2, -0.15) is 0 Å². The highest BCUT2D eigenvalue weighted by Gasteiger charge is 2.19. The second kappa shape index (κ2) is 48.0. The molecule has 0 fully saturated rings. The summed E-state index contributed by atoms with van der Waals surface area (Å²) in [7, 11) is 0. The molecule has 0 N–H and O–H groups in total. The number of carbonyl (C=O) groups is 3. The first-order chi connectivity index (χ1) is 29.0. The molecule has 0 spiro atoms. The fourth-order valence-corrected chi connectivity index (χ4v) is 6.96. The summed E-state index contributed by atoms with van der Waals surface area (Å²) in [4.78, 5) is 37.8. The summed E-state index contributed by atoms with van der Waals surface area (Å²) in [5, 5.41) is 0. The van der Waals surface area contributed by atoms with Gasteiger partial charge in [0.2, 0.25) is 0 Å². The van der Waals surface area contributed by atoms with Gasteiger partial charge in [0.15, 0.2) is 6.10 Å². The second-order valence-corrected chi connectivity index (χ2v) is 16.7. The van der Waals surface area contributed by atoms with Crippen molar-refractivity contribution in [1.82, 2.24) is 0 Å². The van der Waals surface area contributed by atoms with Crippen molar-refractivity contribution in [3.8, 4) is 0 Å². The van der Waals surface area contributed by atoms with Crippen LogP contribution in [0.1, 0.15) is 252 Å². The third-order valence-corrected chi connectivity index (χ3v) is 10.8. The van der Waals surface area contributed by atoms with E-state index in [0.29, 0.717) is 25.7 Å². The molecular weight excluding hydrogens is 733 g/mol. The van der Waals surface area contributed by atoms with Gasteiger partial charge in [0.1, 0.15) is 13.2 Å². The third-order valence-electron chi connectivity index (χ3n) is 10.8. The molecule has 0 heterocycles. The smallest absolute Gasteiger partial charge is 0.306 e. The van der Waals surface area contributed by atoms with Crippen molar-refractivity contribution in [2.45, 2.75) is 258 Å². The molecular formula is C53H94O6. The average molecular weight is 827 g/mol. The zero-order chi connectivity index (χ0) is 43.0. The topological polar surface area (TPSA) is 78.9 Å². The standard InChI is InChI=1S/C53H94O6/c1-4-7-10-13-16-19-21-23-25-26-28-29-31-34-37-40-43-46-52(55)58-49-50(48-57-51(54)45-42-39-36-33-18-15-12-9-6-3)59-53(56)47-44-41-38-35-32-30-27-24-22-20-17-14-11-8-5-2/h17,20,22-25,33,36,50H,4-16,18-19,21,26-32,34-35,37-49H2,1-3H3/b20-17-,24-22-,25-23-,36-33-. The van der Waals surface area contributed by atoms with Crippen LogP contribution in [-0.4, -0.2) is 37.2 Å². The Kier molecular flexibility index (Phi) is 45.9. The Labute approximate surface area is 365 Å². The highest BCUT2D eigenvalue weighted by molar-refractivity contribution is 5.71. The van der Waals surface area contributed by atoms with Crippen molar-refractivity contribution >= 4 is 17.9 Å². The molecule has 0 saturated carbocycles. The zero-order valence-electron chi connectivity index (χ0n) is 39.0. The van der Waals surface area contributed by atoms with Crippen LogP contribution in [0.2, 0.25) is 0 Å². The summed E-state index contributed by atoms with van der Waals surface area (Å²) in [5.41, 5.74) is 0. The maximum Gasteiger partial charge on any atom is 0.306 e. The van der Waals surface area contributed by atoms with E-state index in [9.17, 15) is 14.4 Å². The molecule has 0 radical (unpaired) electrons. The van der Waals surface area contributed by atoms with Crippen molar-refractivity contribution < 1.29 is 28.6 Å². The van der Waals surface area contributed by atoms with Gasteiger partial charge in [-0.05, 0) is 89.9 Å². The molecule has 0 aromatic heterocycles. The third kappa shape index (κ3) is 46.3. The number of hydrogen-bond acceptors (Lipinski definition) is 6. The van der Waals surface area contributed by atoms with Gasteiger partial charge >= 0.3 is 17.9 Å². The monoisotopic (exact) mass is 827 g/mol. The van der Waals surface area contributed by atoms with Crippen LogP contribution in [-0.2, 0) is 28.6 Å². The molecule has 59 heavy (non-hydrogen) atoms. The first-order valence-corrected chi connectivity index (χ1v) is 25.2. The van der Waals surface area contributed by atoms with E-state index in [1.807, 2.05) is 0 Å². The number of unbranched alkanes of at least 4 members (excludes halogenated alkanes) is 27. The lowest BCUT2D eigenvalue weighted by Crippen LogP contribution is -2.30. The van der Waals surface area contributed by atoms with Crippen LogP contribution in [0.15, 0.2) is 48.6 Å². The number of rotatable bonds is 45. The quantitative estimate of drug-likeness (QED) is 0.0200. The molecule has 0 aliphatic carbocycles. The van der Waals surface area contributed by atoms with Crippen molar-refractivity contribution in [1.29, 1.82) is 0 Å². The zero-order valence-corrected chi connectivity index (χ0v) is 39.0. The second-order valence-electron chi connectivity index (χ2n) is 16.7. The van der Waals surface area contributed by atoms with Gasteiger partial charge in [0, 0.05) is 19.3 Å². The molecule has 0 aromatic carbocycles. The van der Waals surface area contributed by atoms with Crippen LogP contribution < -0.4 is 0 Å². The Morgan fingerprint density at radius 1 is 0.339 bits per heavy atom. The fourth-order valence-electron chi connectivity index (χ4n) is 6.96. The van der Waals surface area contributed by atoms with Gasteiger partial charge in [0.25, 0.3) is 0 Å². The van der Waals surface area contributed by atoms with Crippen LogP contribution in [0, 0.1) is 0 Å². The van der Waals surface area contributed by atoms with E-state index in [0.717, 1.165) is 64.2 Å². The average Bonchev–Trinajstić information content (AvgIpc) is 3.23. The molecule has 1 unspecified atom stereocenters. The van der Waals surface area contributed by atoms with Crippen molar-refractivity contribution in [3.05, 3.63) is 48.6 Å². The van der Waals surface area contributed by atoms with Gasteiger partial charge in [-0.15, -0.1) is 0 Å². The van der Waals surface area contributed by atoms with E-state index in [2.05, 4.69) is 69.4 Å². The lowest BCUT2D eigenvalue weighted by molar-refractivity contribution is -0.167. The van der Waals surface area contributed by atoms with Crippen molar-refractivity contribution in [3.63, 3.8) is 0 Å². The SMILES string of the molecule is CCCCC/C=C\C=C/CCCCCCCCC(=O)OC(COC(=O)CCC/C=C\CCCCCC)COC(=O)CCCCCCCCC/C=C\CCCCCCCC. The normalized spacial score (nSPS) is 12.4. The Morgan fingerprint density at radius 2 is 0.627 bits per heavy atom. The predicted octanol–water partition coefficient (Wildman–Crippen LogP) is 16.3. The lowest BCUT2D eigenvalue weighted by Gasteiger charge is -2.18. The van der Waals surface area contributed by atoms with Crippen molar-refractivity contribution in [2.75, 3.05) is 13.2 Å². The van der Waals surface area contributed by atoms with Crippen molar-refractivity contribution in [2.24, 2.45) is 0 Å². The number of carbonyl (C=O) groups excluding carboxylic acids is 3. The molecule has 0 rings (SSSR count). The molecule has 0 aromatic rings. The Bertz CT molecular complexity index is 1040. The van der Waals surface area contributed by atoms with Gasteiger partial charge < -0.3 is 14.2 Å². The van der Waals surface area contributed by atoms with Crippen LogP contribution >= 0.6 is 0 Å². The van der Waals surface area contributed by atoms with Crippen LogP contribution in [0.4, 0.5) is 0 Å². The highest BCUT2D eigenvalue weighted by atomic mass is 16.6. The van der Waals surface area contributed by atoms with E-state index in [4.69, 9.17) is 14.2 Å². The summed E-state index contributed by atoms with van der Waals surface area (Å²) in [6.45, 7) is 6.54. The van der Waals surface area contributed by atoms with Gasteiger partial charge in [0.05, 0.1) is 0 Å². The summed E-state index contributed by atoms with van der Waals surface area (Å²) in [5.74, 6) is -0.938. The number of allylic oxidation sites excluding steroid dienone is 8. The molecule has 0 bridgehead atoms. The largest absolute Gasteiger partial charge is 0.462 e. The van der Waals surface area contributed by atoms with Gasteiger partial charge in [-0.3, -0.25) is 14.4 Å². The molecule has 6 heteroatoms. The number of hydrogen-bond donors (Lipinski definition) is 0. The number of ether oxygens (including phenoxy) is 3. The maximum atomic E-state index is 12.8. The molecule has 1 atom stereocenters. The van der Waals surface area contributed by atoms with E-state index in [1.54, 1.807) is 0 Å². The summed E-state index contributed by atoms with van der Waals surface area (Å²) in [6.07, 6.45) is 56.7. The minimum Gasteiger partial charge on any atom is -0.462 e. The summed E-state index contributed by atoms with van der Waals surface area (Å²) >= 11 is 0. The molecule has 342 valence electrons. The minimum absolute atomic E-state index is 0.0882. The maximum absolute atomic E-state index is 12.8. The van der Waals surface area contributed by atoms with E-state index in [-0.39, 0.29) is 31.1 Å². The van der Waals surface area contributed by atoms with Crippen LogP contribution in [0.25, 0.3) is 0 Å². The molecule has 0 aliphatic rings. The number of esters is 3. The molecule has 0 amide bonds. The highest BCUT2D eigenvalue weighted by Crippen LogP contribution is 2.14. The van der Waals surface area contributed by atoms with E-state index >= 15 is 0 Å². The fraction of sp³-hybridized carbons (Fsp3) is 0.792. The predicted molar refractivity (Wildman–Crippen MR) is 252 cm³/mol. The molecule has 0 saturated heterocycles. The summed E-state index contributed by atoms with van der Waals surface area (Å²) < 4.78 is 16.7. The Morgan fingerprint density at radius 3 is 1.07 bits per heavy atom. The van der Waals surface area contributed by atoms with Gasteiger partial charge in [-0.1, -0.05) is 191 Å². The van der Waals surface area contributed by atoms with Gasteiger partial charge in [-0.25, -0.2) is 0 Å². The molecule has 0 aliphatic heterocycles. The first kappa shape index (κ1) is 56.4. The first-order valence-electron chi connectivity index (χ1n) is 25.2. The van der Waals surface area contributed by atoms with E-state index in [1.165, 1.54) is 141 Å². The van der Waals surface area contributed by atoms with E-state index < -0.39 is 6.10 Å². The minimum atomic E-state index is -0.789. The van der Waals surface area contributed by atoms with Crippen LogP contribution in [0.3, 0.4) is 0 Å². The lowest BCUT2D eigenvalue weighted by atomic mass is 10.1. The Hall–Kier alpha value is -2.63. The Balaban J connectivity index is 4.36. The van der Waals surface area contributed by atoms with Crippen LogP contribution in [0.5, 0.6) is 0 Å². The summed E-state index contributed by atoms with van der Waals surface area (Å²) in [6, 6.07) is 0.